The number of benzene rings is 1. The lowest BCUT2D eigenvalue weighted by atomic mass is 10.1. The second-order valence-corrected chi connectivity index (χ2v) is 6.67. The van der Waals surface area contributed by atoms with Gasteiger partial charge in [-0.05, 0) is 51.8 Å². The van der Waals surface area contributed by atoms with E-state index >= 15 is 0 Å². The molecule has 1 aromatic rings. The fourth-order valence-electron chi connectivity index (χ4n) is 3.00. The number of carbonyl (C=O) groups is 1. The molecule has 1 fully saturated rings. The summed E-state index contributed by atoms with van der Waals surface area (Å²) in [6, 6.07) is 5.13. The predicted molar refractivity (Wildman–Crippen MR) is 90.6 cm³/mol. The highest BCUT2D eigenvalue weighted by Crippen LogP contribution is 2.30. The highest BCUT2D eigenvalue weighted by Gasteiger charge is 2.32. The first-order valence-electron chi connectivity index (χ1n) is 7.59. The number of amides is 1. The van der Waals surface area contributed by atoms with Crippen LogP contribution >= 0.6 is 23.2 Å². The van der Waals surface area contributed by atoms with Gasteiger partial charge in [-0.1, -0.05) is 29.3 Å². The number of aliphatic hydroxyl groups excluding tert-OH is 1. The normalized spacial score (nSPS) is 21.6. The zero-order valence-corrected chi connectivity index (χ0v) is 14.4. The highest BCUT2D eigenvalue weighted by atomic mass is 35.5. The summed E-state index contributed by atoms with van der Waals surface area (Å²) >= 11 is 12.1. The second kappa shape index (κ2) is 7.64. The number of anilines is 1. The first-order valence-corrected chi connectivity index (χ1v) is 8.34. The lowest BCUT2D eigenvalue weighted by Crippen LogP contribution is -2.45. The molecule has 1 aromatic carbocycles. The summed E-state index contributed by atoms with van der Waals surface area (Å²) in [4.78, 5) is 14.6. The first-order chi connectivity index (χ1) is 10.4. The van der Waals surface area contributed by atoms with Crippen LogP contribution in [0.1, 0.15) is 33.1 Å². The summed E-state index contributed by atoms with van der Waals surface area (Å²) < 4.78 is 0. The largest absolute Gasteiger partial charge is 0.393 e. The van der Waals surface area contributed by atoms with E-state index in [-0.39, 0.29) is 24.1 Å². The summed E-state index contributed by atoms with van der Waals surface area (Å²) in [5.74, 6) is -0.110. The number of carbonyl (C=O) groups excluding carboxylic acids is 1. The minimum absolute atomic E-state index is 0.110. The quantitative estimate of drug-likeness (QED) is 0.858. The minimum Gasteiger partial charge on any atom is -0.393 e. The molecule has 2 N–H and O–H groups in total. The Kier molecular flexibility index (Phi) is 6.09. The third kappa shape index (κ3) is 4.13. The molecule has 0 aliphatic carbocycles. The number of nitrogens with zero attached hydrogens (tertiary/aromatic N) is 1. The Morgan fingerprint density at radius 1 is 1.45 bits per heavy atom. The maximum Gasteiger partial charge on any atom is 0.241 e. The maximum atomic E-state index is 12.5. The SMILES string of the molecule is CC(O)CC1CCCN1C(C)C(=O)Nc1cccc(Cl)c1Cl. The van der Waals surface area contributed by atoms with Crippen LogP contribution in [0.15, 0.2) is 18.2 Å². The lowest BCUT2D eigenvalue weighted by molar-refractivity contribution is -0.121. The molecule has 0 saturated carbocycles. The average molecular weight is 345 g/mol. The molecule has 122 valence electrons. The van der Waals surface area contributed by atoms with Gasteiger partial charge in [-0.2, -0.15) is 0 Å². The summed E-state index contributed by atoms with van der Waals surface area (Å²) in [5, 5.41) is 13.2. The Labute approximate surface area is 141 Å². The monoisotopic (exact) mass is 344 g/mol. The standard InChI is InChI=1S/C16H22Cl2N2O2/c1-10(21)9-12-5-4-8-20(12)11(2)16(22)19-14-7-3-6-13(17)15(14)18/h3,6-7,10-12,21H,4-5,8-9H2,1-2H3,(H,19,22). The van der Waals surface area contributed by atoms with Crippen LogP contribution in [-0.2, 0) is 4.79 Å². The van der Waals surface area contributed by atoms with Gasteiger partial charge in [0.05, 0.1) is 27.9 Å². The molecule has 2 rings (SSSR count). The summed E-state index contributed by atoms with van der Waals surface area (Å²) in [7, 11) is 0. The second-order valence-electron chi connectivity index (χ2n) is 5.89. The molecule has 1 amide bonds. The van der Waals surface area contributed by atoms with Crippen molar-refractivity contribution in [3.63, 3.8) is 0 Å². The van der Waals surface area contributed by atoms with E-state index in [2.05, 4.69) is 10.2 Å². The zero-order chi connectivity index (χ0) is 16.3. The van der Waals surface area contributed by atoms with Gasteiger partial charge in [0.25, 0.3) is 0 Å². The molecule has 4 nitrogen and oxygen atoms in total. The van der Waals surface area contributed by atoms with E-state index in [0.717, 1.165) is 19.4 Å². The van der Waals surface area contributed by atoms with Crippen LogP contribution in [0, 0.1) is 0 Å². The van der Waals surface area contributed by atoms with Crippen molar-refractivity contribution in [3.8, 4) is 0 Å². The van der Waals surface area contributed by atoms with Crippen molar-refractivity contribution >= 4 is 34.8 Å². The average Bonchev–Trinajstić information content (AvgIpc) is 2.90. The van der Waals surface area contributed by atoms with Crippen molar-refractivity contribution in [2.45, 2.75) is 51.3 Å². The van der Waals surface area contributed by atoms with E-state index in [4.69, 9.17) is 23.2 Å². The molecule has 3 atom stereocenters. The van der Waals surface area contributed by atoms with Crippen molar-refractivity contribution < 1.29 is 9.90 Å². The zero-order valence-electron chi connectivity index (χ0n) is 12.9. The summed E-state index contributed by atoms with van der Waals surface area (Å²) in [6.07, 6.45) is 2.39. The lowest BCUT2D eigenvalue weighted by Gasteiger charge is -2.30. The van der Waals surface area contributed by atoms with Crippen LogP contribution in [0.4, 0.5) is 5.69 Å². The predicted octanol–water partition coefficient (Wildman–Crippen LogP) is 3.56. The van der Waals surface area contributed by atoms with Gasteiger partial charge in [-0.3, -0.25) is 9.69 Å². The third-order valence-corrected chi connectivity index (χ3v) is 4.94. The molecule has 3 unspecified atom stereocenters. The number of aliphatic hydroxyl groups is 1. The van der Waals surface area contributed by atoms with Gasteiger partial charge in [0.2, 0.25) is 5.91 Å². The van der Waals surface area contributed by atoms with Crippen LogP contribution < -0.4 is 5.32 Å². The Morgan fingerprint density at radius 2 is 2.18 bits per heavy atom. The van der Waals surface area contributed by atoms with E-state index in [9.17, 15) is 9.90 Å². The topological polar surface area (TPSA) is 52.6 Å². The molecule has 0 bridgehead atoms. The summed E-state index contributed by atoms with van der Waals surface area (Å²) in [5.41, 5.74) is 0.525. The number of rotatable bonds is 5. The Balaban J connectivity index is 2.04. The van der Waals surface area contributed by atoms with Gasteiger partial charge in [-0.25, -0.2) is 0 Å². The molecule has 0 radical (unpaired) electrons. The third-order valence-electron chi connectivity index (χ3n) is 4.12. The van der Waals surface area contributed by atoms with Crippen molar-refractivity contribution in [1.82, 2.24) is 4.90 Å². The molecule has 1 aliphatic rings. The van der Waals surface area contributed by atoms with Crippen LogP contribution in [0.3, 0.4) is 0 Å². The molecular weight excluding hydrogens is 323 g/mol. The van der Waals surface area contributed by atoms with E-state index in [1.807, 2.05) is 6.92 Å². The van der Waals surface area contributed by atoms with Crippen molar-refractivity contribution in [1.29, 1.82) is 0 Å². The first kappa shape index (κ1) is 17.5. The number of nitrogens with one attached hydrogen (secondary N) is 1. The van der Waals surface area contributed by atoms with Gasteiger partial charge >= 0.3 is 0 Å². The number of hydrogen-bond acceptors (Lipinski definition) is 3. The minimum atomic E-state index is -0.358. The van der Waals surface area contributed by atoms with Crippen molar-refractivity contribution in [3.05, 3.63) is 28.2 Å². The van der Waals surface area contributed by atoms with Gasteiger partial charge < -0.3 is 10.4 Å². The molecular formula is C16H22Cl2N2O2. The van der Waals surface area contributed by atoms with Crippen molar-refractivity contribution in [2.24, 2.45) is 0 Å². The van der Waals surface area contributed by atoms with E-state index in [1.54, 1.807) is 25.1 Å². The molecule has 6 heteroatoms. The number of likely N-dealkylation sites (tertiary alicyclic amines) is 1. The van der Waals surface area contributed by atoms with Gasteiger partial charge in [0, 0.05) is 6.04 Å². The fourth-order valence-corrected chi connectivity index (χ4v) is 3.35. The smallest absolute Gasteiger partial charge is 0.241 e. The van der Waals surface area contributed by atoms with Crippen LogP contribution in [0.2, 0.25) is 10.0 Å². The number of halogens is 2. The van der Waals surface area contributed by atoms with Crippen LogP contribution in [0.5, 0.6) is 0 Å². The van der Waals surface area contributed by atoms with Crippen LogP contribution in [-0.4, -0.2) is 40.6 Å². The molecule has 1 saturated heterocycles. The van der Waals surface area contributed by atoms with Gasteiger partial charge in [0.1, 0.15) is 0 Å². The molecule has 22 heavy (non-hydrogen) atoms. The van der Waals surface area contributed by atoms with Gasteiger partial charge in [0.15, 0.2) is 0 Å². The fraction of sp³-hybridized carbons (Fsp3) is 0.562. The van der Waals surface area contributed by atoms with E-state index in [1.165, 1.54) is 0 Å². The van der Waals surface area contributed by atoms with Gasteiger partial charge in [-0.15, -0.1) is 0 Å². The molecule has 0 spiro atoms. The van der Waals surface area contributed by atoms with Crippen molar-refractivity contribution in [2.75, 3.05) is 11.9 Å². The molecule has 1 heterocycles. The Morgan fingerprint density at radius 3 is 2.86 bits per heavy atom. The highest BCUT2D eigenvalue weighted by molar-refractivity contribution is 6.44. The van der Waals surface area contributed by atoms with Crippen LogP contribution in [0.25, 0.3) is 0 Å². The Hall–Kier alpha value is -0.810. The van der Waals surface area contributed by atoms with E-state index < -0.39 is 0 Å². The maximum absolute atomic E-state index is 12.5. The summed E-state index contributed by atoms with van der Waals surface area (Å²) in [6.45, 7) is 4.54. The molecule has 1 aliphatic heterocycles. The molecule has 0 aromatic heterocycles. The Bertz CT molecular complexity index is 537. The number of hydrogen-bond donors (Lipinski definition) is 2. The van der Waals surface area contributed by atoms with E-state index in [0.29, 0.717) is 22.2 Å².